The molecule has 2 aromatic rings. The van der Waals surface area contributed by atoms with Crippen LogP contribution >= 0.6 is 0 Å². The number of hydrogen-bond acceptors (Lipinski definition) is 5. The molecule has 0 fully saturated rings. The van der Waals surface area contributed by atoms with Gasteiger partial charge in [0.15, 0.2) is 0 Å². The van der Waals surface area contributed by atoms with E-state index in [0.29, 0.717) is 17.9 Å². The number of rotatable bonds is 4. The van der Waals surface area contributed by atoms with Crippen LogP contribution in [0.1, 0.15) is 21.7 Å². The molecule has 1 amide bonds. The minimum atomic E-state index is -0.230. The highest BCUT2D eigenvalue weighted by atomic mass is 16.1. The molecule has 0 saturated heterocycles. The summed E-state index contributed by atoms with van der Waals surface area (Å²) in [6, 6.07) is 3.30. The summed E-state index contributed by atoms with van der Waals surface area (Å²) in [7, 11) is 1.85. The second-order valence-corrected chi connectivity index (χ2v) is 4.17. The maximum atomic E-state index is 11.9. The predicted octanol–water partition coefficient (Wildman–Crippen LogP) is 0.339. The van der Waals surface area contributed by atoms with Gasteiger partial charge in [0.1, 0.15) is 5.69 Å². The highest BCUT2D eigenvalue weighted by Crippen LogP contribution is 2.06. The van der Waals surface area contributed by atoms with E-state index in [1.165, 1.54) is 6.20 Å². The van der Waals surface area contributed by atoms with E-state index in [-0.39, 0.29) is 5.91 Å². The van der Waals surface area contributed by atoms with Gasteiger partial charge in [0.05, 0.1) is 17.6 Å². The number of amides is 1. The summed E-state index contributed by atoms with van der Waals surface area (Å²) in [6.07, 6.45) is 3.38. The summed E-state index contributed by atoms with van der Waals surface area (Å²) in [5.74, 6) is 5.00. The summed E-state index contributed by atoms with van der Waals surface area (Å²) in [6.45, 7) is 2.33. The van der Waals surface area contributed by atoms with E-state index in [4.69, 9.17) is 5.84 Å². The van der Waals surface area contributed by atoms with Gasteiger partial charge in [-0.3, -0.25) is 15.3 Å². The number of pyridine rings is 1. The fourth-order valence-electron chi connectivity index (χ4n) is 1.70. The van der Waals surface area contributed by atoms with E-state index < -0.39 is 0 Å². The van der Waals surface area contributed by atoms with Crippen LogP contribution in [-0.4, -0.2) is 20.7 Å². The minimum Gasteiger partial charge on any atom is -0.346 e. The molecule has 0 spiro atoms. The van der Waals surface area contributed by atoms with E-state index in [9.17, 15) is 4.79 Å². The van der Waals surface area contributed by atoms with Gasteiger partial charge in [0.25, 0.3) is 5.91 Å². The molecule has 0 aliphatic carbocycles. The fraction of sp³-hybridized carbons (Fsp3) is 0.250. The molecule has 0 aromatic carbocycles. The van der Waals surface area contributed by atoms with Crippen LogP contribution in [0.15, 0.2) is 24.5 Å². The van der Waals surface area contributed by atoms with Gasteiger partial charge in [0.2, 0.25) is 0 Å². The van der Waals surface area contributed by atoms with Gasteiger partial charge in [-0.2, -0.15) is 5.10 Å². The van der Waals surface area contributed by atoms with E-state index in [1.807, 2.05) is 20.2 Å². The molecular formula is C12H16N6O. The van der Waals surface area contributed by atoms with Crippen LogP contribution in [0.25, 0.3) is 0 Å². The molecule has 2 heterocycles. The summed E-state index contributed by atoms with van der Waals surface area (Å²) < 4.78 is 1.72. The third-order valence-electron chi connectivity index (χ3n) is 2.72. The molecule has 0 bridgehead atoms. The van der Waals surface area contributed by atoms with E-state index >= 15 is 0 Å². The van der Waals surface area contributed by atoms with Crippen molar-refractivity contribution in [3.05, 3.63) is 41.5 Å². The van der Waals surface area contributed by atoms with Crippen molar-refractivity contribution >= 4 is 11.6 Å². The maximum absolute atomic E-state index is 11.9. The number of nitrogens with one attached hydrogen (secondary N) is 2. The topological polar surface area (TPSA) is 97.9 Å². The van der Waals surface area contributed by atoms with E-state index in [2.05, 4.69) is 20.8 Å². The first-order chi connectivity index (χ1) is 9.10. The average molecular weight is 260 g/mol. The average Bonchev–Trinajstić information content (AvgIpc) is 2.74. The predicted molar refractivity (Wildman–Crippen MR) is 71.2 cm³/mol. The van der Waals surface area contributed by atoms with Crippen molar-refractivity contribution < 1.29 is 4.79 Å². The lowest BCUT2D eigenvalue weighted by Gasteiger charge is -2.04. The van der Waals surface area contributed by atoms with Crippen molar-refractivity contribution in [2.24, 2.45) is 12.9 Å². The van der Waals surface area contributed by atoms with Crippen molar-refractivity contribution in [1.82, 2.24) is 20.1 Å². The van der Waals surface area contributed by atoms with E-state index in [0.717, 1.165) is 11.3 Å². The highest BCUT2D eigenvalue weighted by molar-refractivity contribution is 5.92. The number of aryl methyl sites for hydroxylation is 2. The van der Waals surface area contributed by atoms with Crippen LogP contribution in [-0.2, 0) is 13.6 Å². The summed E-state index contributed by atoms with van der Waals surface area (Å²) in [5, 5.41) is 7.01. The van der Waals surface area contributed by atoms with Crippen LogP contribution < -0.4 is 16.6 Å². The van der Waals surface area contributed by atoms with Crippen LogP contribution in [0.2, 0.25) is 0 Å². The number of hydrogen-bond donors (Lipinski definition) is 3. The lowest BCUT2D eigenvalue weighted by molar-refractivity contribution is 0.0946. The molecule has 0 radical (unpaired) electrons. The van der Waals surface area contributed by atoms with Crippen molar-refractivity contribution in [3.63, 3.8) is 0 Å². The Balaban J connectivity index is 1.99. The minimum absolute atomic E-state index is 0.230. The Labute approximate surface area is 110 Å². The van der Waals surface area contributed by atoms with Gasteiger partial charge in [-0.15, -0.1) is 0 Å². The maximum Gasteiger partial charge on any atom is 0.270 e. The normalized spacial score (nSPS) is 10.3. The smallest absolute Gasteiger partial charge is 0.270 e. The lowest BCUT2D eigenvalue weighted by Crippen LogP contribution is -2.24. The Morgan fingerprint density at radius 1 is 1.47 bits per heavy atom. The van der Waals surface area contributed by atoms with Gasteiger partial charge in [0, 0.05) is 25.4 Å². The standard InChI is InChI=1S/C12H16N6O/c1-8-9(7-18(2)17-8)5-15-12(19)11-4-3-10(16-13)6-14-11/h3-4,6-7,16H,5,13H2,1-2H3,(H,15,19). The molecule has 0 atom stereocenters. The number of nitrogens with zero attached hydrogens (tertiary/aromatic N) is 3. The van der Waals surface area contributed by atoms with Gasteiger partial charge < -0.3 is 10.7 Å². The number of aromatic nitrogens is 3. The number of carbonyl (C=O) groups is 1. The second-order valence-electron chi connectivity index (χ2n) is 4.17. The molecule has 0 unspecified atom stereocenters. The Morgan fingerprint density at radius 2 is 2.26 bits per heavy atom. The molecule has 0 aliphatic heterocycles. The van der Waals surface area contributed by atoms with Crippen LogP contribution in [0.4, 0.5) is 5.69 Å². The van der Waals surface area contributed by atoms with Crippen molar-refractivity contribution in [3.8, 4) is 0 Å². The Kier molecular flexibility index (Phi) is 3.76. The molecule has 19 heavy (non-hydrogen) atoms. The first kappa shape index (κ1) is 13.0. The summed E-state index contributed by atoms with van der Waals surface area (Å²) in [5.41, 5.74) is 5.34. The third-order valence-corrected chi connectivity index (χ3v) is 2.72. The van der Waals surface area contributed by atoms with Crippen LogP contribution in [0.3, 0.4) is 0 Å². The molecule has 7 heteroatoms. The van der Waals surface area contributed by atoms with Crippen molar-refractivity contribution in [2.45, 2.75) is 13.5 Å². The molecule has 0 aliphatic rings. The number of nitrogen functional groups attached to an aromatic ring is 1. The Hall–Kier alpha value is -2.41. The SMILES string of the molecule is Cc1nn(C)cc1CNC(=O)c1ccc(NN)cn1. The number of carbonyl (C=O) groups excluding carboxylic acids is 1. The number of anilines is 1. The van der Waals surface area contributed by atoms with Gasteiger partial charge in [-0.05, 0) is 19.1 Å². The second kappa shape index (κ2) is 5.49. The summed E-state index contributed by atoms with van der Waals surface area (Å²) >= 11 is 0. The molecule has 100 valence electrons. The summed E-state index contributed by atoms with van der Waals surface area (Å²) in [4.78, 5) is 15.9. The van der Waals surface area contributed by atoms with Crippen molar-refractivity contribution in [2.75, 3.05) is 5.43 Å². The quantitative estimate of drug-likeness (QED) is 0.544. The third kappa shape index (κ3) is 3.08. The molecule has 7 nitrogen and oxygen atoms in total. The zero-order valence-electron chi connectivity index (χ0n) is 10.8. The van der Waals surface area contributed by atoms with Crippen LogP contribution in [0.5, 0.6) is 0 Å². The van der Waals surface area contributed by atoms with Crippen LogP contribution in [0, 0.1) is 6.92 Å². The molecule has 2 rings (SSSR count). The Morgan fingerprint density at radius 3 is 2.79 bits per heavy atom. The molecule has 4 N–H and O–H groups in total. The zero-order chi connectivity index (χ0) is 13.8. The van der Waals surface area contributed by atoms with Gasteiger partial charge in [-0.25, -0.2) is 4.98 Å². The van der Waals surface area contributed by atoms with Gasteiger partial charge >= 0.3 is 0 Å². The highest BCUT2D eigenvalue weighted by Gasteiger charge is 2.09. The lowest BCUT2D eigenvalue weighted by atomic mass is 10.2. The fourth-order valence-corrected chi connectivity index (χ4v) is 1.70. The monoisotopic (exact) mass is 260 g/mol. The molecular weight excluding hydrogens is 244 g/mol. The molecule has 2 aromatic heterocycles. The number of hydrazine groups is 1. The largest absolute Gasteiger partial charge is 0.346 e. The first-order valence-corrected chi connectivity index (χ1v) is 5.80. The van der Waals surface area contributed by atoms with Crippen molar-refractivity contribution in [1.29, 1.82) is 0 Å². The first-order valence-electron chi connectivity index (χ1n) is 5.80. The van der Waals surface area contributed by atoms with E-state index in [1.54, 1.807) is 16.8 Å². The Bertz CT molecular complexity index is 574. The molecule has 0 saturated carbocycles. The number of nitrogens with two attached hydrogens (primary N) is 1. The zero-order valence-corrected chi connectivity index (χ0v) is 10.8. The van der Waals surface area contributed by atoms with Gasteiger partial charge in [-0.1, -0.05) is 0 Å².